The zero-order valence-corrected chi connectivity index (χ0v) is 11.9. The lowest BCUT2D eigenvalue weighted by atomic mass is 9.86. The summed E-state index contributed by atoms with van der Waals surface area (Å²) in [5, 5.41) is 10.2. The van der Waals surface area contributed by atoms with Gasteiger partial charge in [0.2, 0.25) is 0 Å². The molecule has 19 heavy (non-hydrogen) atoms. The minimum Gasteiger partial charge on any atom is -0.469 e. The first-order valence-electron chi connectivity index (χ1n) is 6.64. The van der Waals surface area contributed by atoms with Crippen molar-refractivity contribution in [3.63, 3.8) is 0 Å². The summed E-state index contributed by atoms with van der Waals surface area (Å²) in [5.74, 6) is 0.205. The van der Waals surface area contributed by atoms with Gasteiger partial charge in [0.05, 0.1) is 19.1 Å². The predicted molar refractivity (Wildman–Crippen MR) is 76.9 cm³/mol. The quantitative estimate of drug-likeness (QED) is 0.861. The van der Waals surface area contributed by atoms with Crippen molar-refractivity contribution in [2.24, 2.45) is 5.92 Å². The van der Waals surface area contributed by atoms with Crippen LogP contribution in [0.15, 0.2) is 30.3 Å². The molecular formula is C15H20O3S. The summed E-state index contributed by atoms with van der Waals surface area (Å²) in [6.45, 7) is 0. The Morgan fingerprint density at radius 1 is 1.37 bits per heavy atom. The first kappa shape index (κ1) is 14.4. The van der Waals surface area contributed by atoms with Gasteiger partial charge in [-0.1, -0.05) is 30.3 Å². The average Bonchev–Trinajstić information content (AvgIpc) is 2.45. The number of rotatable bonds is 4. The SMILES string of the molecule is COC(=O)[C@@H]1[C@@H](SCc2ccccc2)CCC[C@@H]1O. The molecule has 1 aliphatic rings. The van der Waals surface area contributed by atoms with Gasteiger partial charge in [0, 0.05) is 11.0 Å². The summed E-state index contributed by atoms with van der Waals surface area (Å²) in [5.41, 5.74) is 1.25. The summed E-state index contributed by atoms with van der Waals surface area (Å²) >= 11 is 1.75. The number of methoxy groups -OCH3 is 1. The Bertz CT molecular complexity index is 407. The lowest BCUT2D eigenvalue weighted by Crippen LogP contribution is -2.40. The normalized spacial score (nSPS) is 26.9. The van der Waals surface area contributed by atoms with E-state index in [1.54, 1.807) is 11.8 Å². The number of ether oxygens (including phenoxy) is 1. The number of benzene rings is 1. The van der Waals surface area contributed by atoms with Gasteiger partial charge in [-0.05, 0) is 24.8 Å². The minimum absolute atomic E-state index is 0.149. The van der Waals surface area contributed by atoms with E-state index >= 15 is 0 Å². The molecule has 0 aromatic heterocycles. The second-order valence-electron chi connectivity index (χ2n) is 4.88. The maximum absolute atomic E-state index is 11.8. The minimum atomic E-state index is -0.561. The summed E-state index contributed by atoms with van der Waals surface area (Å²) in [6, 6.07) is 10.2. The van der Waals surface area contributed by atoms with E-state index in [1.807, 2.05) is 18.2 Å². The molecule has 0 aliphatic heterocycles. The molecule has 1 saturated carbocycles. The summed E-state index contributed by atoms with van der Waals surface area (Å²) in [7, 11) is 1.39. The number of thioether (sulfide) groups is 1. The smallest absolute Gasteiger partial charge is 0.312 e. The molecule has 1 aromatic carbocycles. The maximum atomic E-state index is 11.8. The van der Waals surface area contributed by atoms with Crippen LogP contribution < -0.4 is 0 Å². The Labute approximate surface area is 118 Å². The number of carbonyl (C=O) groups excluding carboxylic acids is 1. The van der Waals surface area contributed by atoms with Crippen LogP contribution >= 0.6 is 11.8 Å². The molecular weight excluding hydrogens is 260 g/mol. The van der Waals surface area contributed by atoms with Crippen LogP contribution in [0.25, 0.3) is 0 Å². The van der Waals surface area contributed by atoms with E-state index in [0.29, 0.717) is 6.42 Å². The largest absolute Gasteiger partial charge is 0.469 e. The first-order valence-corrected chi connectivity index (χ1v) is 7.68. The van der Waals surface area contributed by atoms with Crippen LogP contribution in [-0.2, 0) is 15.3 Å². The highest BCUT2D eigenvalue weighted by atomic mass is 32.2. The molecule has 1 fully saturated rings. The lowest BCUT2D eigenvalue weighted by molar-refractivity contribution is -0.150. The second-order valence-corrected chi connectivity index (χ2v) is 6.11. The fourth-order valence-corrected chi connectivity index (χ4v) is 3.98. The molecule has 104 valence electrons. The molecule has 1 aromatic rings. The van der Waals surface area contributed by atoms with E-state index < -0.39 is 6.10 Å². The third-order valence-corrected chi connectivity index (χ3v) is 5.04. The van der Waals surface area contributed by atoms with Crippen LogP contribution in [0, 0.1) is 5.92 Å². The van der Waals surface area contributed by atoms with Crippen LogP contribution in [0.3, 0.4) is 0 Å². The standard InChI is InChI=1S/C15H20O3S/c1-18-15(17)14-12(16)8-5-9-13(14)19-10-11-6-3-2-4-7-11/h2-4,6-7,12-14,16H,5,8-10H2,1H3/t12-,13-,14-/m0/s1. The van der Waals surface area contributed by atoms with E-state index in [-0.39, 0.29) is 17.1 Å². The predicted octanol–water partition coefficient (Wildman–Crippen LogP) is 2.62. The van der Waals surface area contributed by atoms with Gasteiger partial charge in [0.25, 0.3) is 0 Å². The van der Waals surface area contributed by atoms with Gasteiger partial charge in [-0.2, -0.15) is 11.8 Å². The van der Waals surface area contributed by atoms with Gasteiger partial charge in [0.15, 0.2) is 0 Å². The van der Waals surface area contributed by atoms with E-state index in [0.717, 1.165) is 18.6 Å². The van der Waals surface area contributed by atoms with Crippen molar-refractivity contribution in [2.75, 3.05) is 7.11 Å². The highest BCUT2D eigenvalue weighted by Gasteiger charge is 2.38. The molecule has 1 aliphatic carbocycles. The fourth-order valence-electron chi connectivity index (χ4n) is 2.54. The van der Waals surface area contributed by atoms with Gasteiger partial charge in [-0.3, -0.25) is 4.79 Å². The molecule has 4 heteroatoms. The van der Waals surface area contributed by atoms with Crippen LogP contribution in [-0.4, -0.2) is 29.5 Å². The molecule has 0 heterocycles. The van der Waals surface area contributed by atoms with E-state index in [2.05, 4.69) is 12.1 Å². The number of esters is 1. The van der Waals surface area contributed by atoms with Crippen molar-refractivity contribution in [3.8, 4) is 0 Å². The summed E-state index contributed by atoms with van der Waals surface area (Å²) in [6.07, 6.45) is 2.08. The van der Waals surface area contributed by atoms with Crippen molar-refractivity contribution in [1.29, 1.82) is 0 Å². The van der Waals surface area contributed by atoms with Crippen LogP contribution in [0.2, 0.25) is 0 Å². The van der Waals surface area contributed by atoms with Crippen molar-refractivity contribution < 1.29 is 14.6 Å². The van der Waals surface area contributed by atoms with Crippen molar-refractivity contribution in [2.45, 2.75) is 36.4 Å². The van der Waals surface area contributed by atoms with Crippen LogP contribution in [0.4, 0.5) is 0 Å². The Morgan fingerprint density at radius 2 is 2.11 bits per heavy atom. The number of aliphatic hydroxyl groups is 1. The molecule has 0 radical (unpaired) electrons. The molecule has 0 bridgehead atoms. The Kier molecular flexibility index (Phi) is 5.28. The van der Waals surface area contributed by atoms with Crippen LogP contribution in [0.5, 0.6) is 0 Å². The van der Waals surface area contributed by atoms with E-state index in [4.69, 9.17) is 4.74 Å². The van der Waals surface area contributed by atoms with Crippen molar-refractivity contribution in [1.82, 2.24) is 0 Å². The summed E-state index contributed by atoms with van der Waals surface area (Å²) in [4.78, 5) is 11.8. The zero-order valence-electron chi connectivity index (χ0n) is 11.1. The number of carbonyl (C=O) groups is 1. The number of hydrogen-bond donors (Lipinski definition) is 1. The van der Waals surface area contributed by atoms with E-state index in [9.17, 15) is 9.90 Å². The van der Waals surface area contributed by atoms with Crippen molar-refractivity contribution in [3.05, 3.63) is 35.9 Å². The maximum Gasteiger partial charge on any atom is 0.312 e. The average molecular weight is 280 g/mol. The lowest BCUT2D eigenvalue weighted by Gasteiger charge is -2.33. The van der Waals surface area contributed by atoms with Gasteiger partial charge < -0.3 is 9.84 Å². The number of hydrogen-bond acceptors (Lipinski definition) is 4. The molecule has 2 rings (SSSR count). The fraction of sp³-hybridized carbons (Fsp3) is 0.533. The Morgan fingerprint density at radius 3 is 2.79 bits per heavy atom. The third kappa shape index (κ3) is 3.74. The highest BCUT2D eigenvalue weighted by molar-refractivity contribution is 7.99. The zero-order chi connectivity index (χ0) is 13.7. The molecule has 0 amide bonds. The second kappa shape index (κ2) is 6.96. The van der Waals surface area contributed by atoms with Gasteiger partial charge >= 0.3 is 5.97 Å². The molecule has 0 spiro atoms. The molecule has 0 saturated heterocycles. The molecule has 1 N–H and O–H groups in total. The van der Waals surface area contributed by atoms with Gasteiger partial charge in [0.1, 0.15) is 0 Å². The van der Waals surface area contributed by atoms with Crippen LogP contribution in [0.1, 0.15) is 24.8 Å². The molecule has 0 unspecified atom stereocenters. The monoisotopic (exact) mass is 280 g/mol. The first-order chi connectivity index (χ1) is 9.22. The third-order valence-electron chi connectivity index (χ3n) is 3.58. The van der Waals surface area contributed by atoms with Gasteiger partial charge in [-0.25, -0.2) is 0 Å². The Balaban J connectivity index is 1.98. The molecule has 3 atom stereocenters. The summed E-state index contributed by atoms with van der Waals surface area (Å²) < 4.78 is 4.83. The van der Waals surface area contributed by atoms with Crippen molar-refractivity contribution >= 4 is 17.7 Å². The van der Waals surface area contributed by atoms with E-state index in [1.165, 1.54) is 12.7 Å². The topological polar surface area (TPSA) is 46.5 Å². The Hall–Kier alpha value is -1.00. The van der Waals surface area contributed by atoms with Gasteiger partial charge in [-0.15, -0.1) is 0 Å². The highest BCUT2D eigenvalue weighted by Crippen LogP contribution is 2.36. The number of aliphatic hydroxyl groups excluding tert-OH is 1. The molecule has 3 nitrogen and oxygen atoms in total.